The third-order valence-corrected chi connectivity index (χ3v) is 18.1. The molecule has 37 nitrogen and oxygen atoms in total. The normalized spacial score (nSPS) is 13.7. The molecule has 602 valence electrons. The monoisotopic (exact) mass is 1570 g/mol. The van der Waals surface area contributed by atoms with Crippen molar-refractivity contribution in [1.82, 2.24) is 84.1 Å². The van der Waals surface area contributed by atoms with Crippen LogP contribution in [0.5, 0.6) is 5.75 Å². The molecule has 4 aromatic carbocycles. The van der Waals surface area contributed by atoms with Gasteiger partial charge in [-0.15, -0.1) is 0 Å². The number of rotatable bonds is 47. The molecule has 6 rings (SSSR count). The Morgan fingerprint density at radius 3 is 1.45 bits per heavy atom. The molecular formula is C74H99N21O16S. The van der Waals surface area contributed by atoms with Gasteiger partial charge in [-0.3, -0.25) is 73.1 Å². The van der Waals surface area contributed by atoms with Crippen LogP contribution < -0.4 is 86.3 Å². The molecule has 2 aromatic heterocycles. The van der Waals surface area contributed by atoms with Crippen LogP contribution in [0.3, 0.4) is 0 Å². The van der Waals surface area contributed by atoms with Crippen molar-refractivity contribution in [3.63, 3.8) is 0 Å². The third-order valence-electron chi connectivity index (χ3n) is 17.5. The van der Waals surface area contributed by atoms with Gasteiger partial charge >= 0.3 is 11.9 Å². The van der Waals surface area contributed by atoms with Crippen LogP contribution in [-0.4, -0.2) is 218 Å². The molecule has 0 aliphatic rings. The maximum Gasteiger partial charge on any atom is 0.322 e. The number of H-pyrrole nitrogens is 2. The van der Waals surface area contributed by atoms with Gasteiger partial charge in [0.05, 0.1) is 31.0 Å². The summed E-state index contributed by atoms with van der Waals surface area (Å²) in [7, 11) is 0. The molecule has 10 atom stereocenters. The largest absolute Gasteiger partial charge is 0.508 e. The fourth-order valence-electron chi connectivity index (χ4n) is 11.6. The number of carbonyl (C=O) groups is 13. The van der Waals surface area contributed by atoms with Gasteiger partial charge in [-0.05, 0) is 96.9 Å². The van der Waals surface area contributed by atoms with Gasteiger partial charge < -0.3 is 112 Å². The van der Waals surface area contributed by atoms with E-state index >= 15 is 14.4 Å². The quantitative estimate of drug-likeness (QED) is 0.0107. The van der Waals surface area contributed by atoms with Crippen LogP contribution in [0.25, 0.3) is 10.9 Å². The van der Waals surface area contributed by atoms with E-state index in [0.717, 1.165) is 0 Å². The first-order valence-corrected chi connectivity index (χ1v) is 37.4. The van der Waals surface area contributed by atoms with Crippen molar-refractivity contribution >= 4 is 112 Å². The topological polar surface area (TPSA) is 609 Å². The van der Waals surface area contributed by atoms with E-state index in [9.17, 15) is 63.3 Å². The Labute approximate surface area is 649 Å². The van der Waals surface area contributed by atoms with Crippen molar-refractivity contribution in [2.24, 2.45) is 23.1 Å². The minimum absolute atomic E-state index is 0.0122. The first-order chi connectivity index (χ1) is 53.5. The number of carbonyl (C=O) groups excluding carboxylic acids is 11. The molecule has 38 heteroatoms. The second-order valence-electron chi connectivity index (χ2n) is 26.6. The number of thioether (sulfide) groups is 1. The molecule has 2 heterocycles. The van der Waals surface area contributed by atoms with E-state index in [1.807, 2.05) is 0 Å². The van der Waals surface area contributed by atoms with Gasteiger partial charge in [0.1, 0.15) is 66.7 Å². The number of para-hydroxylation sites is 1. The lowest BCUT2D eigenvalue weighted by Crippen LogP contribution is -2.61. The number of aromatic nitrogens is 3. The number of guanidine groups is 2. The first kappa shape index (κ1) is 88.3. The summed E-state index contributed by atoms with van der Waals surface area (Å²) >= 11 is 1.37. The van der Waals surface area contributed by atoms with E-state index in [4.69, 9.17) is 28.0 Å². The SMILES string of the molecule is CSCC[C@H](NC(=O)[C@@H](NC(=O)[C@@H](N)Cc1ccc(O)cc1)C(C)C)C(=O)NCC(=O)N[C@@H](Cc1c[nH]cn1)C(=O)N[C@@H](Cc1ccccc1)C(=O)N[C@@H](CCCNC(=N)N)C(=O)N[C@@H](Cc1c[nH]c2ccccc12)C(=O)N[C@@H](CC(=O)O)C(=O)N[C@H](CCCNC(=N)N)C(=O)N[C@@H](Cc1ccccc1)C(=O)NCC(=O)O. The highest BCUT2D eigenvalue weighted by Crippen LogP contribution is 2.21. The van der Waals surface area contributed by atoms with Gasteiger partial charge in [0.2, 0.25) is 65.0 Å². The number of hydrogen-bond acceptors (Lipinski definition) is 19. The van der Waals surface area contributed by atoms with Gasteiger partial charge in [0.15, 0.2) is 11.9 Å². The van der Waals surface area contributed by atoms with Crippen LogP contribution in [0.2, 0.25) is 0 Å². The van der Waals surface area contributed by atoms with Crippen molar-refractivity contribution in [2.75, 3.05) is 38.2 Å². The highest BCUT2D eigenvalue weighted by molar-refractivity contribution is 7.98. The number of benzene rings is 4. The lowest BCUT2D eigenvalue weighted by Gasteiger charge is -2.28. The second-order valence-corrected chi connectivity index (χ2v) is 27.6. The summed E-state index contributed by atoms with van der Waals surface area (Å²) in [6.07, 6.45) is 3.70. The molecule has 0 aliphatic heterocycles. The van der Waals surface area contributed by atoms with Crippen molar-refractivity contribution in [2.45, 2.75) is 145 Å². The lowest BCUT2D eigenvalue weighted by atomic mass is 10.0. The number of aromatic amines is 2. The zero-order chi connectivity index (χ0) is 81.8. The van der Waals surface area contributed by atoms with Gasteiger partial charge in [-0.25, -0.2) is 4.98 Å². The van der Waals surface area contributed by atoms with Gasteiger partial charge in [0.25, 0.3) is 0 Å². The molecule has 0 spiro atoms. The van der Waals surface area contributed by atoms with Crippen LogP contribution in [0.4, 0.5) is 0 Å². The van der Waals surface area contributed by atoms with E-state index in [1.54, 1.807) is 123 Å². The number of nitrogens with one attached hydrogen (secondary N) is 17. The molecule has 0 fully saturated rings. The zero-order valence-electron chi connectivity index (χ0n) is 62.0. The number of phenols is 1. The molecule has 0 bridgehead atoms. The smallest absolute Gasteiger partial charge is 0.322 e. The molecule has 112 heavy (non-hydrogen) atoms. The summed E-state index contributed by atoms with van der Waals surface area (Å²) in [6, 6.07) is 14.8. The number of nitrogens with two attached hydrogens (primary N) is 3. The Morgan fingerprint density at radius 2 is 0.929 bits per heavy atom. The van der Waals surface area contributed by atoms with E-state index in [-0.39, 0.29) is 88.7 Å². The van der Waals surface area contributed by atoms with E-state index in [1.165, 1.54) is 36.4 Å². The number of phenolic OH excluding ortho intramolecular Hbond substituents is 1. The van der Waals surface area contributed by atoms with Gasteiger partial charge in [0, 0.05) is 62.1 Å². The molecule has 6 aromatic rings. The summed E-state index contributed by atoms with van der Waals surface area (Å²) in [5.74, 6) is -14.2. The predicted molar refractivity (Wildman–Crippen MR) is 414 cm³/mol. The van der Waals surface area contributed by atoms with Crippen LogP contribution in [0.15, 0.2) is 128 Å². The lowest BCUT2D eigenvalue weighted by molar-refractivity contribution is -0.141. The number of hydrogen-bond donors (Lipinski definition) is 23. The first-order valence-electron chi connectivity index (χ1n) is 36.0. The van der Waals surface area contributed by atoms with E-state index < -0.39 is 175 Å². The molecular weight excluding hydrogens is 1470 g/mol. The molecule has 0 saturated heterocycles. The highest BCUT2D eigenvalue weighted by atomic mass is 32.2. The standard InChI is InChI=1S/C74H99N21O16S/c1-41(2)62(95-63(102)49(75)30-44-22-24-47(96)25-23-44)72(111)90-53(26-29-112-3)64(103)84-38-59(97)87-57(34-46-37-80-40-86-46)70(109)92-55(32-43-16-8-5-9-17-43)68(107)88-52(21-13-28-82-74(78)79)67(106)93-56(33-45-36-83-50-19-11-10-18-48(45)50)69(108)94-58(35-60(98)99)71(110)89-51(20-12-27-81-73(76)77)66(105)91-54(65(104)85-39-61(100)101)31-42-14-6-4-7-15-42/h4-11,14-19,22-25,36-37,40-41,49,51-58,62,83,96H,12-13,20-21,26-35,38-39,75H2,1-3H3,(H,80,86)(H,84,103)(H,85,104)(H,87,97)(H,88,107)(H,89,110)(H,90,111)(H,91,105)(H,92,109)(H,93,106)(H,94,108)(H,95,102)(H,98,99)(H,100,101)(H4,76,77,81)(H4,78,79,82)/t49-,51+,52-,53-,54-,55-,56-,57-,58-,62-/m0/s1. The van der Waals surface area contributed by atoms with Crippen LogP contribution in [0.1, 0.15) is 80.3 Å². The van der Waals surface area contributed by atoms with Crippen molar-refractivity contribution in [3.8, 4) is 5.75 Å². The number of imidazole rings is 1. The van der Waals surface area contributed by atoms with Crippen LogP contribution in [-0.2, 0) is 94.4 Å². The molecule has 0 unspecified atom stereocenters. The van der Waals surface area contributed by atoms with Crippen molar-refractivity contribution < 1.29 is 77.6 Å². The number of fused-ring (bicyclic) bond motifs is 1. The summed E-state index contributed by atoms with van der Waals surface area (Å²) in [6.45, 7) is 1.78. The van der Waals surface area contributed by atoms with Crippen LogP contribution >= 0.6 is 11.8 Å². The Morgan fingerprint density at radius 1 is 0.473 bits per heavy atom. The Kier molecular flexibility index (Phi) is 35.8. The molecule has 0 radical (unpaired) electrons. The summed E-state index contributed by atoms with van der Waals surface area (Å²) in [5.41, 5.74) is 20.3. The van der Waals surface area contributed by atoms with E-state index in [0.29, 0.717) is 38.9 Å². The minimum Gasteiger partial charge on any atom is -0.508 e. The molecule has 26 N–H and O–H groups in total. The van der Waals surface area contributed by atoms with Crippen LogP contribution in [0, 0.1) is 16.7 Å². The molecule has 11 amide bonds. The highest BCUT2D eigenvalue weighted by Gasteiger charge is 2.37. The number of nitrogens with zero attached hydrogens (tertiary/aromatic N) is 1. The summed E-state index contributed by atoms with van der Waals surface area (Å²) in [4.78, 5) is 192. The fraction of sp³-hybridized carbons (Fsp3) is 0.405. The third kappa shape index (κ3) is 30.4. The molecule has 0 aliphatic carbocycles. The minimum atomic E-state index is -2.00. The Bertz CT molecular complexity index is 4190. The average Bonchev–Trinajstić information content (AvgIpc) is 1.76. The number of carboxylic acid groups (broad SMARTS) is 2. The fourth-order valence-corrected chi connectivity index (χ4v) is 12.1. The predicted octanol–water partition coefficient (Wildman–Crippen LogP) is -2.47. The maximum atomic E-state index is 15.1. The Hall–Kier alpha value is -12.6. The number of aromatic hydroxyl groups is 1. The van der Waals surface area contributed by atoms with Crippen molar-refractivity contribution in [3.05, 3.63) is 156 Å². The molecule has 0 saturated carbocycles. The maximum absolute atomic E-state index is 15.1. The summed E-state index contributed by atoms with van der Waals surface area (Å²) < 4.78 is 0. The second kappa shape index (κ2) is 45.4. The number of amides is 11. The average molecular weight is 1570 g/mol. The Balaban J connectivity index is 1.25. The summed E-state index contributed by atoms with van der Waals surface area (Å²) in [5, 5.41) is 78.7. The van der Waals surface area contributed by atoms with E-state index in [2.05, 4.69) is 84.1 Å². The van der Waals surface area contributed by atoms with Crippen molar-refractivity contribution in [1.29, 1.82) is 10.8 Å². The number of carboxylic acids is 2. The van der Waals surface area contributed by atoms with Gasteiger partial charge in [-0.2, -0.15) is 11.8 Å². The zero-order valence-corrected chi connectivity index (χ0v) is 62.8. The van der Waals surface area contributed by atoms with Gasteiger partial charge in [-0.1, -0.05) is 105 Å². The number of aliphatic carboxylic acids is 2.